The Hall–Kier alpha value is -2.20. The van der Waals surface area contributed by atoms with E-state index in [2.05, 4.69) is 0 Å². The maximum Gasteiger partial charge on any atom is 0.323 e. The minimum absolute atomic E-state index is 0.0231. The van der Waals surface area contributed by atoms with Gasteiger partial charge in [-0.15, -0.1) is 0 Å². The number of carboxylic acids is 4. The fourth-order valence-corrected chi connectivity index (χ4v) is 0.876. The molecule has 10 heteroatoms. The van der Waals surface area contributed by atoms with Gasteiger partial charge >= 0.3 is 23.9 Å². The Morgan fingerprint density at radius 1 is 1.00 bits per heavy atom. The third-order valence-corrected chi connectivity index (χ3v) is 2.33. The number of hydrogen-bond donors (Lipinski definition) is 6. The quantitative estimate of drug-likeness (QED) is 0.320. The Kier molecular flexibility index (Phi) is 9.71. The van der Waals surface area contributed by atoms with Crippen LogP contribution in [0.4, 0.5) is 0 Å². The molecular formula is C11H20N2O8. The van der Waals surface area contributed by atoms with E-state index in [1.165, 1.54) is 6.92 Å². The van der Waals surface area contributed by atoms with Crippen LogP contribution in [0.25, 0.3) is 0 Å². The molecule has 0 aromatic carbocycles. The first-order chi connectivity index (χ1) is 9.40. The van der Waals surface area contributed by atoms with Crippen LogP contribution in [0.2, 0.25) is 0 Å². The molecule has 0 heterocycles. The maximum absolute atomic E-state index is 10.3. The zero-order valence-corrected chi connectivity index (χ0v) is 11.5. The van der Waals surface area contributed by atoms with Gasteiger partial charge < -0.3 is 31.9 Å². The summed E-state index contributed by atoms with van der Waals surface area (Å²) in [4.78, 5) is 40.2. The summed E-state index contributed by atoms with van der Waals surface area (Å²) in [5.74, 6) is -4.42. The Balaban J connectivity index is 0. The van der Waals surface area contributed by atoms with E-state index in [4.69, 9.17) is 31.9 Å². The molecule has 0 aliphatic heterocycles. The van der Waals surface area contributed by atoms with Crippen LogP contribution in [0.15, 0.2) is 0 Å². The minimum Gasteiger partial charge on any atom is -0.481 e. The van der Waals surface area contributed by atoms with Crippen molar-refractivity contribution < 1.29 is 39.6 Å². The van der Waals surface area contributed by atoms with Crippen molar-refractivity contribution >= 4 is 23.9 Å². The van der Waals surface area contributed by atoms with Crippen molar-refractivity contribution in [2.75, 3.05) is 0 Å². The summed E-state index contributed by atoms with van der Waals surface area (Å²) >= 11 is 0. The fraction of sp³-hybridized carbons (Fsp3) is 0.636. The normalized spacial score (nSPS) is 14.0. The van der Waals surface area contributed by atoms with E-state index < -0.39 is 35.5 Å². The number of nitrogens with two attached hydrogens (primary N) is 2. The summed E-state index contributed by atoms with van der Waals surface area (Å²) in [6, 6.07) is -1.06. The standard InChI is InChI=1S/C6H11NO4.C5H9NO4/c1-6(7,5(10)11)3-2-4(8)9;6-3(5(9)10)1-2-4(7)8/h2-3,7H2,1H3,(H,8,9)(H,10,11);3H,1-2,6H2,(H,7,8)(H,9,10)/t6-;/m0./s1. The van der Waals surface area contributed by atoms with Gasteiger partial charge in [-0.1, -0.05) is 0 Å². The first kappa shape index (κ1) is 21.1. The average Bonchev–Trinajstić information content (AvgIpc) is 2.34. The summed E-state index contributed by atoms with van der Waals surface area (Å²) < 4.78 is 0. The lowest BCUT2D eigenvalue weighted by Crippen LogP contribution is -2.45. The maximum atomic E-state index is 10.3. The van der Waals surface area contributed by atoms with E-state index in [9.17, 15) is 19.2 Å². The fourth-order valence-electron chi connectivity index (χ4n) is 0.876. The zero-order valence-electron chi connectivity index (χ0n) is 11.5. The molecule has 10 nitrogen and oxygen atoms in total. The Bertz CT molecular complexity index is 394. The van der Waals surface area contributed by atoms with E-state index in [1.54, 1.807) is 0 Å². The smallest absolute Gasteiger partial charge is 0.323 e. The second-order valence-electron chi connectivity index (χ2n) is 4.49. The van der Waals surface area contributed by atoms with Crippen molar-refractivity contribution in [3.8, 4) is 0 Å². The van der Waals surface area contributed by atoms with Crippen LogP contribution in [-0.4, -0.2) is 55.9 Å². The second kappa shape index (κ2) is 9.66. The zero-order chi connectivity index (χ0) is 17.2. The molecule has 8 N–H and O–H groups in total. The molecule has 0 amide bonds. The number of aliphatic carboxylic acids is 4. The lowest BCUT2D eigenvalue weighted by Gasteiger charge is -2.16. The van der Waals surface area contributed by atoms with Crippen LogP contribution in [0, 0.1) is 0 Å². The average molecular weight is 308 g/mol. The van der Waals surface area contributed by atoms with Crippen LogP contribution in [0.1, 0.15) is 32.6 Å². The molecule has 0 radical (unpaired) electrons. The molecule has 0 aromatic heterocycles. The highest BCUT2D eigenvalue weighted by molar-refractivity contribution is 5.79. The molecule has 0 aromatic rings. The van der Waals surface area contributed by atoms with Crippen LogP contribution in [0.5, 0.6) is 0 Å². The van der Waals surface area contributed by atoms with Gasteiger partial charge in [-0.25, -0.2) is 0 Å². The topological polar surface area (TPSA) is 201 Å². The van der Waals surface area contributed by atoms with Gasteiger partial charge in [0, 0.05) is 12.8 Å². The molecular weight excluding hydrogens is 288 g/mol. The lowest BCUT2D eigenvalue weighted by atomic mass is 9.98. The van der Waals surface area contributed by atoms with E-state index in [-0.39, 0.29) is 25.7 Å². The third kappa shape index (κ3) is 12.6. The van der Waals surface area contributed by atoms with Crippen LogP contribution in [0.3, 0.4) is 0 Å². The molecule has 2 atom stereocenters. The first-order valence-corrected chi connectivity index (χ1v) is 5.84. The summed E-state index contributed by atoms with van der Waals surface area (Å²) in [7, 11) is 0. The monoisotopic (exact) mass is 308 g/mol. The molecule has 0 saturated heterocycles. The van der Waals surface area contributed by atoms with Gasteiger partial charge in [0.2, 0.25) is 0 Å². The second-order valence-corrected chi connectivity index (χ2v) is 4.49. The molecule has 122 valence electrons. The van der Waals surface area contributed by atoms with Gasteiger partial charge in [0.25, 0.3) is 0 Å². The third-order valence-electron chi connectivity index (χ3n) is 2.33. The number of carbonyl (C=O) groups is 4. The predicted molar refractivity (Wildman–Crippen MR) is 69.6 cm³/mol. The van der Waals surface area contributed by atoms with Crippen molar-refractivity contribution in [1.82, 2.24) is 0 Å². The summed E-state index contributed by atoms with van der Waals surface area (Å²) in [6.45, 7) is 1.29. The van der Waals surface area contributed by atoms with E-state index >= 15 is 0 Å². The number of rotatable bonds is 8. The highest BCUT2D eigenvalue weighted by Gasteiger charge is 2.28. The van der Waals surface area contributed by atoms with Crippen molar-refractivity contribution in [2.45, 2.75) is 44.2 Å². The van der Waals surface area contributed by atoms with Gasteiger partial charge in [0.05, 0.1) is 0 Å². The van der Waals surface area contributed by atoms with Gasteiger partial charge in [0.15, 0.2) is 0 Å². The van der Waals surface area contributed by atoms with Gasteiger partial charge in [-0.05, 0) is 19.8 Å². The van der Waals surface area contributed by atoms with Crippen molar-refractivity contribution in [2.24, 2.45) is 11.5 Å². The van der Waals surface area contributed by atoms with Gasteiger partial charge in [0.1, 0.15) is 11.6 Å². The van der Waals surface area contributed by atoms with Crippen LogP contribution < -0.4 is 11.5 Å². The highest BCUT2D eigenvalue weighted by atomic mass is 16.4. The first-order valence-electron chi connectivity index (χ1n) is 5.84. The van der Waals surface area contributed by atoms with E-state index in [0.29, 0.717) is 0 Å². The van der Waals surface area contributed by atoms with Crippen molar-refractivity contribution in [1.29, 1.82) is 0 Å². The van der Waals surface area contributed by atoms with Gasteiger partial charge in [-0.3, -0.25) is 19.2 Å². The molecule has 0 saturated carbocycles. The van der Waals surface area contributed by atoms with E-state index in [1.807, 2.05) is 0 Å². The predicted octanol–water partition coefficient (Wildman–Crippen LogP) is -1.08. The number of hydrogen-bond acceptors (Lipinski definition) is 6. The highest BCUT2D eigenvalue weighted by Crippen LogP contribution is 2.08. The molecule has 0 fully saturated rings. The van der Waals surface area contributed by atoms with Crippen molar-refractivity contribution in [3.63, 3.8) is 0 Å². The Labute approximate surface area is 120 Å². The van der Waals surface area contributed by atoms with Crippen molar-refractivity contribution in [3.05, 3.63) is 0 Å². The molecule has 1 unspecified atom stereocenters. The van der Waals surface area contributed by atoms with Crippen LogP contribution in [-0.2, 0) is 19.2 Å². The molecule has 0 rings (SSSR count). The number of carboxylic acid groups (broad SMARTS) is 4. The molecule has 0 aliphatic rings. The van der Waals surface area contributed by atoms with E-state index in [0.717, 1.165) is 0 Å². The summed E-state index contributed by atoms with van der Waals surface area (Å²) in [5, 5.41) is 32.9. The lowest BCUT2D eigenvalue weighted by molar-refractivity contribution is -0.144. The molecule has 0 spiro atoms. The summed E-state index contributed by atoms with van der Waals surface area (Å²) in [6.07, 6.45) is -0.505. The van der Waals surface area contributed by atoms with Crippen LogP contribution >= 0.6 is 0 Å². The Morgan fingerprint density at radius 2 is 1.43 bits per heavy atom. The molecule has 0 bridgehead atoms. The van der Waals surface area contributed by atoms with Gasteiger partial charge in [-0.2, -0.15) is 0 Å². The summed E-state index contributed by atoms with van der Waals surface area (Å²) in [5.41, 5.74) is 8.81. The molecule has 0 aliphatic carbocycles. The Morgan fingerprint density at radius 3 is 1.71 bits per heavy atom. The largest absolute Gasteiger partial charge is 0.481 e. The minimum atomic E-state index is -1.43. The SMILES string of the molecule is C[C@](N)(CCC(=O)O)C(=O)O.NC(CCC(=O)O)C(=O)O. The molecule has 21 heavy (non-hydrogen) atoms.